The number of rotatable bonds is 4. The molecular formula is C12H22N2O4. The Balaban J connectivity index is 2.83. The quantitative estimate of drug-likeness (QED) is 0.779. The summed E-state index contributed by atoms with van der Waals surface area (Å²) in [7, 11) is 0. The maximum Gasteiger partial charge on any atom is 0.326 e. The first-order valence-corrected chi connectivity index (χ1v) is 6.36. The van der Waals surface area contributed by atoms with E-state index in [0.717, 1.165) is 6.42 Å². The van der Waals surface area contributed by atoms with Crippen LogP contribution in [-0.2, 0) is 4.79 Å². The van der Waals surface area contributed by atoms with Crippen molar-refractivity contribution in [2.75, 3.05) is 13.1 Å². The van der Waals surface area contributed by atoms with E-state index in [4.69, 9.17) is 5.11 Å². The summed E-state index contributed by atoms with van der Waals surface area (Å²) in [6, 6.07) is -1.19. The summed E-state index contributed by atoms with van der Waals surface area (Å²) in [5.74, 6) is -1.06. The number of carboxylic acids is 1. The zero-order valence-electron chi connectivity index (χ0n) is 11.2. The number of carboxylic acid groups (broad SMARTS) is 1. The van der Waals surface area contributed by atoms with Crippen molar-refractivity contribution in [1.82, 2.24) is 9.80 Å². The normalized spacial score (nSPS) is 23.5. The lowest BCUT2D eigenvalue weighted by molar-refractivity contribution is -0.141. The zero-order valence-corrected chi connectivity index (χ0v) is 11.2. The van der Waals surface area contributed by atoms with Gasteiger partial charge in [0.15, 0.2) is 0 Å². The zero-order chi connectivity index (χ0) is 13.9. The molecule has 1 rings (SSSR count). The van der Waals surface area contributed by atoms with Gasteiger partial charge in [0, 0.05) is 25.6 Å². The van der Waals surface area contributed by atoms with E-state index in [1.165, 1.54) is 4.90 Å². The van der Waals surface area contributed by atoms with Crippen LogP contribution in [0.4, 0.5) is 4.79 Å². The van der Waals surface area contributed by atoms with Crippen LogP contribution in [0.3, 0.4) is 0 Å². The van der Waals surface area contributed by atoms with Gasteiger partial charge in [0.05, 0.1) is 6.10 Å². The molecule has 1 aliphatic rings. The van der Waals surface area contributed by atoms with Crippen molar-refractivity contribution < 1.29 is 19.8 Å². The van der Waals surface area contributed by atoms with Crippen LogP contribution in [0.25, 0.3) is 0 Å². The predicted molar refractivity (Wildman–Crippen MR) is 66.3 cm³/mol. The summed E-state index contributed by atoms with van der Waals surface area (Å²) in [6.45, 7) is 6.46. The third-order valence-corrected chi connectivity index (χ3v) is 3.14. The highest BCUT2D eigenvalue weighted by molar-refractivity contribution is 5.83. The molecule has 104 valence electrons. The van der Waals surface area contributed by atoms with Gasteiger partial charge >= 0.3 is 12.0 Å². The van der Waals surface area contributed by atoms with Gasteiger partial charge in [-0.05, 0) is 20.3 Å². The largest absolute Gasteiger partial charge is 0.480 e. The van der Waals surface area contributed by atoms with E-state index in [-0.39, 0.29) is 25.0 Å². The van der Waals surface area contributed by atoms with E-state index in [1.54, 1.807) is 4.90 Å². The molecule has 0 saturated carbocycles. The van der Waals surface area contributed by atoms with E-state index >= 15 is 0 Å². The molecule has 1 heterocycles. The molecule has 18 heavy (non-hydrogen) atoms. The number of aliphatic hydroxyl groups excluding tert-OH is 1. The maximum absolute atomic E-state index is 12.3. The first kappa shape index (κ1) is 14.8. The third-order valence-electron chi connectivity index (χ3n) is 3.14. The monoisotopic (exact) mass is 258 g/mol. The van der Waals surface area contributed by atoms with E-state index in [1.807, 2.05) is 20.8 Å². The van der Waals surface area contributed by atoms with E-state index < -0.39 is 18.1 Å². The van der Waals surface area contributed by atoms with Crippen molar-refractivity contribution in [2.24, 2.45) is 0 Å². The lowest BCUT2D eigenvalue weighted by Gasteiger charge is -2.32. The van der Waals surface area contributed by atoms with Crippen LogP contribution in [0.5, 0.6) is 0 Å². The summed E-state index contributed by atoms with van der Waals surface area (Å²) < 4.78 is 0. The molecule has 6 heteroatoms. The van der Waals surface area contributed by atoms with Crippen molar-refractivity contribution in [1.29, 1.82) is 0 Å². The average Bonchev–Trinajstić information content (AvgIpc) is 2.67. The van der Waals surface area contributed by atoms with Gasteiger partial charge in [0.25, 0.3) is 0 Å². The Bertz CT molecular complexity index is 319. The molecule has 1 fully saturated rings. The smallest absolute Gasteiger partial charge is 0.326 e. The minimum absolute atomic E-state index is 0.0182. The van der Waals surface area contributed by atoms with E-state index in [2.05, 4.69) is 0 Å². The topological polar surface area (TPSA) is 81.1 Å². The number of hydrogen-bond donors (Lipinski definition) is 2. The Morgan fingerprint density at radius 3 is 2.50 bits per heavy atom. The lowest BCUT2D eigenvalue weighted by Crippen LogP contribution is -2.50. The molecule has 0 spiro atoms. The van der Waals surface area contributed by atoms with Gasteiger partial charge in [-0.25, -0.2) is 9.59 Å². The molecule has 2 amide bonds. The first-order valence-electron chi connectivity index (χ1n) is 6.36. The highest BCUT2D eigenvalue weighted by Gasteiger charge is 2.40. The van der Waals surface area contributed by atoms with E-state index in [9.17, 15) is 14.7 Å². The fourth-order valence-corrected chi connectivity index (χ4v) is 2.24. The molecule has 1 saturated heterocycles. The van der Waals surface area contributed by atoms with Crippen LogP contribution in [-0.4, -0.2) is 63.3 Å². The number of aliphatic hydroxyl groups is 1. The molecule has 0 aromatic rings. The molecule has 0 aromatic heterocycles. The third kappa shape index (κ3) is 3.13. The minimum atomic E-state index is -1.06. The lowest BCUT2D eigenvalue weighted by atomic mass is 10.2. The van der Waals surface area contributed by atoms with Crippen molar-refractivity contribution >= 4 is 12.0 Å². The van der Waals surface area contributed by atoms with Gasteiger partial charge in [0.1, 0.15) is 6.04 Å². The van der Waals surface area contributed by atoms with Crippen molar-refractivity contribution in [3.05, 3.63) is 0 Å². The predicted octanol–water partition coefficient (Wildman–Crippen LogP) is 0.747. The van der Waals surface area contributed by atoms with Crippen LogP contribution in [0.15, 0.2) is 0 Å². The van der Waals surface area contributed by atoms with Crippen molar-refractivity contribution in [2.45, 2.75) is 51.8 Å². The number of nitrogens with zero attached hydrogens (tertiary/aromatic N) is 2. The number of likely N-dealkylation sites (tertiary alicyclic amines) is 1. The number of carbonyl (C=O) groups is 2. The fraction of sp³-hybridized carbons (Fsp3) is 0.833. The molecule has 6 nitrogen and oxygen atoms in total. The molecule has 0 aliphatic carbocycles. The van der Waals surface area contributed by atoms with Gasteiger partial charge in [-0.1, -0.05) is 6.92 Å². The van der Waals surface area contributed by atoms with Gasteiger partial charge in [-0.2, -0.15) is 0 Å². The van der Waals surface area contributed by atoms with Crippen molar-refractivity contribution in [3.8, 4) is 0 Å². The van der Waals surface area contributed by atoms with Gasteiger partial charge in [0.2, 0.25) is 0 Å². The second kappa shape index (κ2) is 6.04. The first-order chi connectivity index (χ1) is 8.38. The molecule has 1 aliphatic heterocycles. The molecular weight excluding hydrogens is 236 g/mol. The Labute approximate surface area is 107 Å². The molecule has 0 radical (unpaired) electrons. The highest BCUT2D eigenvalue weighted by atomic mass is 16.4. The summed E-state index contributed by atoms with van der Waals surface area (Å²) in [5.41, 5.74) is 0. The van der Waals surface area contributed by atoms with Gasteiger partial charge in [-0.15, -0.1) is 0 Å². The number of amides is 2. The highest BCUT2D eigenvalue weighted by Crippen LogP contribution is 2.21. The molecule has 2 atom stereocenters. The minimum Gasteiger partial charge on any atom is -0.480 e. The van der Waals surface area contributed by atoms with Crippen LogP contribution in [0.2, 0.25) is 0 Å². The summed E-state index contributed by atoms with van der Waals surface area (Å²) >= 11 is 0. The number of hydrogen-bond acceptors (Lipinski definition) is 3. The SMILES string of the molecule is CCCN(C(=O)N1CC(O)CC1C(=O)O)C(C)C. The molecule has 2 unspecified atom stereocenters. The Morgan fingerprint density at radius 1 is 1.44 bits per heavy atom. The van der Waals surface area contributed by atoms with Crippen LogP contribution < -0.4 is 0 Å². The Hall–Kier alpha value is -1.30. The number of aliphatic carboxylic acids is 1. The average molecular weight is 258 g/mol. The summed E-state index contributed by atoms with van der Waals surface area (Å²) in [4.78, 5) is 26.3. The molecule has 0 aromatic carbocycles. The number of carbonyl (C=O) groups excluding carboxylic acids is 1. The maximum atomic E-state index is 12.3. The molecule has 2 N–H and O–H groups in total. The second-order valence-corrected chi connectivity index (χ2v) is 4.97. The van der Waals surface area contributed by atoms with E-state index in [0.29, 0.717) is 6.54 Å². The van der Waals surface area contributed by atoms with Gasteiger partial charge in [-0.3, -0.25) is 0 Å². The van der Waals surface area contributed by atoms with Crippen molar-refractivity contribution in [3.63, 3.8) is 0 Å². The fourth-order valence-electron chi connectivity index (χ4n) is 2.24. The summed E-state index contributed by atoms with van der Waals surface area (Å²) in [5, 5.41) is 18.6. The van der Waals surface area contributed by atoms with Crippen LogP contribution in [0, 0.1) is 0 Å². The Morgan fingerprint density at radius 2 is 2.06 bits per heavy atom. The molecule has 0 bridgehead atoms. The summed E-state index contributed by atoms with van der Waals surface area (Å²) in [6.07, 6.45) is 0.183. The van der Waals surface area contributed by atoms with Gasteiger partial charge < -0.3 is 20.0 Å². The Kier molecular flexibility index (Phi) is 4.95. The standard InChI is InChI=1S/C12H22N2O4/c1-4-5-13(8(2)3)12(18)14-7-9(15)6-10(14)11(16)17/h8-10,15H,4-7H2,1-3H3,(H,16,17). The number of urea groups is 1. The second-order valence-electron chi connectivity index (χ2n) is 4.97. The number of β-amino-alcohol motifs (C(OH)–C–C–N with tert-alkyl or cyclic N) is 1. The van der Waals surface area contributed by atoms with Crippen LogP contribution in [0.1, 0.15) is 33.6 Å². The van der Waals surface area contributed by atoms with Crippen LogP contribution >= 0.6 is 0 Å².